The highest BCUT2D eigenvalue weighted by molar-refractivity contribution is 14.0. The third kappa shape index (κ3) is 3290. The Morgan fingerprint density at radius 1 is 0.286 bits per heavy atom. The fourth-order valence-corrected chi connectivity index (χ4v) is 0. The highest BCUT2D eigenvalue weighted by Gasteiger charge is -0.0652. The molecule has 0 aliphatic rings. The fourth-order valence-electron chi connectivity index (χ4n) is 0. The van der Waals surface area contributed by atoms with Crippen LogP contribution in [0, 0.1) is 0 Å². The lowest BCUT2D eigenvalue weighted by molar-refractivity contribution is 2.50. The van der Waals surface area contributed by atoms with E-state index in [-0.39, 0.29) is 96.5 Å². The summed E-state index contributed by atoms with van der Waals surface area (Å²) in [6, 6.07) is 0. The Labute approximate surface area is 121 Å². The van der Waals surface area contributed by atoms with E-state index >= 15 is 0 Å². The minimum absolute atomic E-state index is 0. The minimum Gasteiger partial charge on any atom is -0.107 e. The van der Waals surface area contributed by atoms with Gasteiger partial charge in [0, 0.05) is 0 Å². The summed E-state index contributed by atoms with van der Waals surface area (Å²) < 4.78 is 5.72. The first-order valence-electron chi connectivity index (χ1n) is 0.378. The quantitative estimate of drug-likeness (QED) is 0.387. The normalized spacial score (nSPS) is 0.500. The lowest BCUT2D eigenvalue weighted by Gasteiger charge is -0.108. The van der Waals surface area contributed by atoms with Crippen LogP contribution in [0.3, 0.4) is 0 Å². The molecule has 14 heavy (non-hydrogen) atoms. The molecular formula is C13H53I. The van der Waals surface area contributed by atoms with Crippen molar-refractivity contribution in [3.8, 4) is 0 Å². The summed E-state index contributed by atoms with van der Waals surface area (Å²) in [5, 5.41) is 0. The van der Waals surface area contributed by atoms with Crippen LogP contribution in [0.4, 0.5) is 0 Å². The van der Waals surface area contributed by atoms with Gasteiger partial charge in [-0.2, -0.15) is 0 Å². The van der Waals surface area contributed by atoms with Gasteiger partial charge in [-0.3, -0.25) is 0 Å². The second-order valence-electron chi connectivity index (χ2n) is 0. The summed E-state index contributed by atoms with van der Waals surface area (Å²) in [6.45, 7) is 0. The summed E-state index contributed by atoms with van der Waals surface area (Å²) in [7, 11) is 0. The molecule has 0 heterocycles. The Balaban J connectivity index is -0.0000000000641. The first-order valence-corrected chi connectivity index (χ1v) is 0. The predicted octanol–water partition coefficient (Wildman–Crippen LogP) is 8.89. The highest BCUT2D eigenvalue weighted by Crippen LogP contribution is 0.886. The molecule has 0 nitrogen and oxygen atoms in total. The fraction of sp³-hybridized carbons (Fsp3) is 1.00. The van der Waals surface area contributed by atoms with Gasteiger partial charge in [-0.05, 0) is 0 Å². The van der Waals surface area contributed by atoms with Gasteiger partial charge in [0.05, 0.1) is 0 Å². The maximum Gasteiger partial charge on any atom is 0.107 e. The van der Waals surface area contributed by atoms with Gasteiger partial charge in [-0.15, -0.1) is 23.8 Å². The molecule has 0 saturated carbocycles. The molecule has 0 fully saturated rings. The van der Waals surface area contributed by atoms with Gasteiger partial charge >= 0.3 is 0 Å². The van der Waals surface area contributed by atoms with Crippen molar-refractivity contribution in [3.05, 3.63) is 0 Å². The van der Waals surface area contributed by atoms with Crippen molar-refractivity contribution in [2.24, 2.45) is 0 Å². The summed E-state index contributed by atoms with van der Waals surface area (Å²) in [5.41, 5.74) is 0. The molecule has 112 valence electrons. The van der Waals surface area contributed by atoms with Gasteiger partial charge in [0.1, 0.15) is 0.594 Å². The predicted molar refractivity (Wildman–Crippen MR) is 103 cm³/mol. The third-order valence-electron chi connectivity index (χ3n) is 0. The van der Waals surface area contributed by atoms with E-state index in [1.54, 1.807) is 0 Å². The second kappa shape index (κ2) is 4180. The molecule has 0 saturated heterocycles. The Morgan fingerprint density at radius 2 is 0.286 bits per heavy atom. The molecular weight excluding hydrogens is 283 g/mol. The van der Waals surface area contributed by atoms with Crippen LogP contribution in [-0.4, -0.2) is 0.594 Å². The summed E-state index contributed by atoms with van der Waals surface area (Å²) in [5.74, 6) is 0. The van der Waals surface area contributed by atoms with E-state index in [1.807, 2.05) is 0 Å². The topological polar surface area (TPSA) is 0 Å². The van der Waals surface area contributed by atoms with E-state index in [0.717, 1.165) is 0 Å². The molecule has 1 heteroatoms. The van der Waals surface area contributed by atoms with Gasteiger partial charge in [-0.25, -0.2) is 0 Å². The largest absolute Gasteiger partial charge is 0.107 e. The van der Waals surface area contributed by atoms with Gasteiger partial charge in [-0.1, -0.05) is 96.5 Å². The molecule has 0 aromatic carbocycles. The molecule has 0 aliphatic heterocycles. The van der Waals surface area contributed by atoms with Crippen LogP contribution in [0.2, 0.25) is 0 Å². The van der Waals surface area contributed by atoms with Crippen LogP contribution in [0.25, 0.3) is 0 Å². The third-order valence-corrected chi connectivity index (χ3v) is 0. The van der Waals surface area contributed by atoms with Crippen molar-refractivity contribution in [1.82, 2.24) is 0 Å². The number of rotatable bonds is 0. The zero-order chi connectivity index (χ0) is 2.00. The van der Waals surface area contributed by atoms with Crippen LogP contribution in [-0.2, 0) is 0 Å². The molecule has 0 rings (SSSR count). The van der Waals surface area contributed by atoms with Crippen molar-refractivity contribution in [1.29, 1.82) is 0.594 Å². The van der Waals surface area contributed by atoms with Crippen molar-refractivity contribution in [3.63, 3.8) is 0 Å². The summed E-state index contributed by atoms with van der Waals surface area (Å²) >= 11 is 1.40. The second-order valence-corrected chi connectivity index (χ2v) is 0. The van der Waals surface area contributed by atoms with Gasteiger partial charge in [0.25, 0.3) is 0 Å². The minimum atomic E-state index is 0. The molecule has 0 aromatic rings. The molecule has 0 atom stereocenters. The van der Waals surface area contributed by atoms with Crippen molar-refractivity contribution >= 4 is 23.8 Å². The van der Waals surface area contributed by atoms with Crippen LogP contribution >= 0.6 is 23.8 Å². The molecule has 0 unspecified atom stereocenters. The van der Waals surface area contributed by atoms with Crippen LogP contribution < -0.4 is 0 Å². The SMILES string of the molecule is C.C.C.C.C.C.C.C.C.C.C.C.C.[2H]I. The Kier molecular flexibility index (Phi) is 277000. The lowest BCUT2D eigenvalue weighted by atomic mass is 12.0. The lowest BCUT2D eigenvalue weighted by Crippen LogP contribution is 0.143. The molecule has 0 spiro atoms. The average Bonchev–Trinajstić information content (AvgIpc) is 1.00. The monoisotopic (exact) mass is 337 g/mol. The van der Waals surface area contributed by atoms with Gasteiger partial charge in [0.15, 0.2) is 0 Å². The van der Waals surface area contributed by atoms with E-state index in [0.29, 0.717) is 0 Å². The Morgan fingerprint density at radius 3 is 0.286 bits per heavy atom. The van der Waals surface area contributed by atoms with E-state index in [1.165, 1.54) is 23.8 Å². The molecule has 0 aromatic heterocycles. The highest BCUT2D eigenvalue weighted by atomic mass is 127. The average molecular weight is 337 g/mol. The first kappa shape index (κ1) is 928. The van der Waals surface area contributed by atoms with E-state index in [2.05, 4.69) is 0 Å². The molecule has 0 N–H and O–H groups in total. The van der Waals surface area contributed by atoms with Crippen molar-refractivity contribution in [2.75, 3.05) is 0 Å². The van der Waals surface area contributed by atoms with Crippen molar-refractivity contribution < 1.29 is 0 Å². The van der Waals surface area contributed by atoms with Gasteiger partial charge in [0.2, 0.25) is 0 Å². The summed E-state index contributed by atoms with van der Waals surface area (Å²) in [6.07, 6.45) is 0. The molecule has 0 radical (unpaired) electrons. The zero-order valence-corrected chi connectivity index (χ0v) is 2.54. The maximum absolute atomic E-state index is 5.72. The maximum atomic E-state index is 5.72. The van der Waals surface area contributed by atoms with Crippen molar-refractivity contribution in [2.45, 2.75) is 96.5 Å². The summed E-state index contributed by atoms with van der Waals surface area (Å²) in [4.78, 5) is 0. The molecule has 0 bridgehead atoms. The van der Waals surface area contributed by atoms with Crippen LogP contribution in [0.1, 0.15) is 96.5 Å². The Bertz CT molecular complexity index is 10.5. The van der Waals surface area contributed by atoms with Crippen LogP contribution in [0.15, 0.2) is 0 Å². The first-order chi connectivity index (χ1) is 1.00. The molecule has 0 aliphatic carbocycles. The van der Waals surface area contributed by atoms with Crippen LogP contribution in [0.5, 0.6) is 0 Å². The number of halogens is 1. The number of hydrogen-bond donors (Lipinski definition) is 0. The standard InChI is InChI=1S/13CH4.HI/h13*1H4;1H/i/hD. The molecule has 0 amide bonds. The number of hydrogen-bond acceptors (Lipinski definition) is 0. The smallest absolute Gasteiger partial charge is 0.107 e. The van der Waals surface area contributed by atoms with E-state index in [9.17, 15) is 0 Å². The van der Waals surface area contributed by atoms with Gasteiger partial charge < -0.3 is 0 Å². The Hall–Kier alpha value is 0.730. The zero-order valence-electron chi connectivity index (χ0n) is 1.38. The van der Waals surface area contributed by atoms with E-state index in [4.69, 9.17) is 0.594 Å². The van der Waals surface area contributed by atoms with E-state index < -0.39 is 0 Å².